The molecule has 2 aliphatic heterocycles. The van der Waals surface area contributed by atoms with Crippen LogP contribution < -0.4 is 11.1 Å². The van der Waals surface area contributed by atoms with E-state index in [2.05, 4.69) is 5.32 Å². The Kier molecular flexibility index (Phi) is 3.99. The van der Waals surface area contributed by atoms with Gasteiger partial charge in [0.05, 0.1) is 0 Å². The molecule has 3 aliphatic rings. The number of rotatable bonds is 3. The highest BCUT2D eigenvalue weighted by Gasteiger charge is 2.55. The number of nitrogens with zero attached hydrogens (tertiary/aromatic N) is 2. The summed E-state index contributed by atoms with van der Waals surface area (Å²) in [6.45, 7) is 2.90. The Morgan fingerprint density at radius 3 is 2.85 bits per heavy atom. The van der Waals surface area contributed by atoms with Gasteiger partial charge in [-0.25, -0.2) is 4.79 Å². The van der Waals surface area contributed by atoms with Gasteiger partial charge in [-0.05, 0) is 49.8 Å². The lowest BCUT2D eigenvalue weighted by Crippen LogP contribution is -2.45. The van der Waals surface area contributed by atoms with Gasteiger partial charge in [0.25, 0.3) is 5.91 Å². The zero-order valence-electron chi connectivity index (χ0n) is 14.9. The van der Waals surface area contributed by atoms with Crippen LogP contribution in [-0.4, -0.2) is 53.3 Å². The van der Waals surface area contributed by atoms with Gasteiger partial charge in [-0.15, -0.1) is 0 Å². The number of nitrogens with two attached hydrogens (primary N) is 1. The number of likely N-dealkylation sites (tertiary alicyclic amines) is 1. The molecule has 0 bridgehead atoms. The summed E-state index contributed by atoms with van der Waals surface area (Å²) >= 11 is 0. The first-order chi connectivity index (χ1) is 12.5. The maximum absolute atomic E-state index is 13.1. The Balaban J connectivity index is 1.53. The van der Waals surface area contributed by atoms with E-state index in [9.17, 15) is 14.4 Å². The van der Waals surface area contributed by atoms with E-state index < -0.39 is 11.6 Å². The average molecular weight is 356 g/mol. The molecule has 7 nitrogen and oxygen atoms in total. The Labute approximate surface area is 152 Å². The van der Waals surface area contributed by atoms with E-state index in [-0.39, 0.29) is 30.3 Å². The molecular weight excluding hydrogens is 332 g/mol. The third-order valence-corrected chi connectivity index (χ3v) is 6.03. The van der Waals surface area contributed by atoms with Crippen molar-refractivity contribution in [3.8, 4) is 0 Å². The van der Waals surface area contributed by atoms with Crippen LogP contribution in [0.15, 0.2) is 24.3 Å². The highest BCUT2D eigenvalue weighted by atomic mass is 16.2. The summed E-state index contributed by atoms with van der Waals surface area (Å²) in [5, 5.41) is 2.86. The monoisotopic (exact) mass is 356 g/mol. The van der Waals surface area contributed by atoms with Crippen LogP contribution in [0.3, 0.4) is 0 Å². The van der Waals surface area contributed by atoms with E-state index >= 15 is 0 Å². The minimum atomic E-state index is -1.01. The zero-order chi connectivity index (χ0) is 18.5. The molecule has 2 fully saturated rings. The molecular formula is C19H24N4O3. The number of urea groups is 1. The highest BCUT2D eigenvalue weighted by molar-refractivity contribution is 6.09. The molecule has 3 N–H and O–H groups in total. The SMILES string of the molecule is CC1CC(CN)CN1C(=O)CN1C(=O)NC2(CCc3ccccc32)C1=O. The number of imide groups is 1. The molecule has 1 aliphatic carbocycles. The fourth-order valence-electron chi connectivity index (χ4n) is 4.62. The first kappa shape index (κ1) is 17.0. The van der Waals surface area contributed by atoms with Gasteiger partial charge >= 0.3 is 6.03 Å². The topological polar surface area (TPSA) is 95.7 Å². The normalized spacial score (nSPS) is 30.2. The second kappa shape index (κ2) is 6.09. The van der Waals surface area contributed by atoms with Crippen molar-refractivity contribution in [3.05, 3.63) is 35.4 Å². The van der Waals surface area contributed by atoms with Crippen LogP contribution in [0, 0.1) is 5.92 Å². The van der Waals surface area contributed by atoms with Gasteiger partial charge < -0.3 is 16.0 Å². The summed E-state index contributed by atoms with van der Waals surface area (Å²) in [6, 6.07) is 7.28. The number of benzene rings is 1. The Bertz CT molecular complexity index is 780. The lowest BCUT2D eigenvalue weighted by atomic mass is 9.92. The van der Waals surface area contributed by atoms with Crippen LogP contribution in [-0.2, 0) is 21.5 Å². The largest absolute Gasteiger partial charge is 0.338 e. The number of carbonyl (C=O) groups excluding carboxylic acids is 3. The van der Waals surface area contributed by atoms with Crippen LogP contribution in [0.25, 0.3) is 0 Å². The first-order valence-corrected chi connectivity index (χ1v) is 9.18. The van der Waals surface area contributed by atoms with Crippen LogP contribution in [0.2, 0.25) is 0 Å². The molecule has 0 aromatic heterocycles. The summed E-state index contributed by atoms with van der Waals surface area (Å²) in [5.41, 5.74) is 6.64. The molecule has 1 aromatic carbocycles. The van der Waals surface area contributed by atoms with E-state index in [0.717, 1.165) is 28.9 Å². The van der Waals surface area contributed by atoms with E-state index in [0.29, 0.717) is 19.5 Å². The summed E-state index contributed by atoms with van der Waals surface area (Å²) < 4.78 is 0. The number of fused-ring (bicyclic) bond motifs is 2. The molecule has 2 saturated heterocycles. The summed E-state index contributed by atoms with van der Waals surface area (Å²) in [7, 11) is 0. The zero-order valence-corrected chi connectivity index (χ0v) is 14.9. The van der Waals surface area contributed by atoms with E-state index in [1.807, 2.05) is 31.2 Å². The fraction of sp³-hybridized carbons (Fsp3) is 0.526. The van der Waals surface area contributed by atoms with Crippen LogP contribution in [0.4, 0.5) is 4.79 Å². The highest BCUT2D eigenvalue weighted by Crippen LogP contribution is 2.41. The van der Waals surface area contributed by atoms with Crippen molar-refractivity contribution in [2.45, 2.75) is 37.8 Å². The maximum Gasteiger partial charge on any atom is 0.325 e. The summed E-state index contributed by atoms with van der Waals surface area (Å²) in [4.78, 5) is 41.2. The van der Waals surface area contributed by atoms with Crippen molar-refractivity contribution >= 4 is 17.8 Å². The van der Waals surface area contributed by atoms with Gasteiger partial charge in [0.15, 0.2) is 0 Å². The smallest absolute Gasteiger partial charge is 0.325 e. The number of aryl methyl sites for hydroxylation is 1. The second-order valence-electron chi connectivity index (χ2n) is 7.62. The minimum Gasteiger partial charge on any atom is -0.338 e. The van der Waals surface area contributed by atoms with Gasteiger partial charge in [0, 0.05) is 12.6 Å². The van der Waals surface area contributed by atoms with Crippen molar-refractivity contribution in [2.75, 3.05) is 19.6 Å². The Hall–Kier alpha value is -2.41. The van der Waals surface area contributed by atoms with Crippen LogP contribution in [0.1, 0.15) is 30.9 Å². The minimum absolute atomic E-state index is 0.0815. The number of carbonyl (C=O) groups is 3. The van der Waals surface area contributed by atoms with Crippen molar-refractivity contribution < 1.29 is 14.4 Å². The fourth-order valence-corrected chi connectivity index (χ4v) is 4.62. The van der Waals surface area contributed by atoms with E-state index in [1.54, 1.807) is 4.90 Å². The number of hydrogen-bond donors (Lipinski definition) is 2. The molecule has 138 valence electrons. The van der Waals surface area contributed by atoms with Gasteiger partial charge in [-0.1, -0.05) is 24.3 Å². The Morgan fingerprint density at radius 2 is 2.12 bits per heavy atom. The number of nitrogens with one attached hydrogen (secondary N) is 1. The first-order valence-electron chi connectivity index (χ1n) is 9.18. The molecule has 26 heavy (non-hydrogen) atoms. The molecule has 2 heterocycles. The molecule has 4 amide bonds. The molecule has 1 spiro atoms. The molecule has 0 saturated carbocycles. The van der Waals surface area contributed by atoms with Crippen molar-refractivity contribution in [2.24, 2.45) is 11.7 Å². The van der Waals surface area contributed by atoms with Gasteiger partial charge in [-0.3, -0.25) is 14.5 Å². The molecule has 3 unspecified atom stereocenters. The van der Waals surface area contributed by atoms with Crippen molar-refractivity contribution in [1.82, 2.24) is 15.1 Å². The number of amides is 4. The lowest BCUT2D eigenvalue weighted by molar-refractivity contribution is -0.139. The molecule has 3 atom stereocenters. The molecule has 1 aromatic rings. The summed E-state index contributed by atoms with van der Waals surface area (Å²) in [5.74, 6) is -0.228. The van der Waals surface area contributed by atoms with Crippen molar-refractivity contribution in [1.29, 1.82) is 0 Å². The molecule has 4 rings (SSSR count). The maximum atomic E-state index is 13.1. The third-order valence-electron chi connectivity index (χ3n) is 6.03. The predicted molar refractivity (Wildman–Crippen MR) is 95.0 cm³/mol. The molecule has 0 radical (unpaired) electrons. The van der Waals surface area contributed by atoms with Crippen molar-refractivity contribution in [3.63, 3.8) is 0 Å². The van der Waals surface area contributed by atoms with Gasteiger partial charge in [0.2, 0.25) is 5.91 Å². The average Bonchev–Trinajstić information content (AvgIpc) is 3.27. The Morgan fingerprint density at radius 1 is 1.35 bits per heavy atom. The standard InChI is InChI=1S/C19H24N4O3/c1-12-8-13(9-20)10-22(12)16(24)11-23-17(25)19(21-18(23)26)7-6-14-4-2-3-5-15(14)19/h2-5,12-13H,6-11,20H2,1H3,(H,21,26). The predicted octanol–water partition coefficient (Wildman–Crippen LogP) is 0.576. The third kappa shape index (κ3) is 2.41. The molecule has 7 heteroatoms. The van der Waals surface area contributed by atoms with Crippen LogP contribution in [0.5, 0.6) is 0 Å². The second-order valence-corrected chi connectivity index (χ2v) is 7.62. The lowest BCUT2D eigenvalue weighted by Gasteiger charge is -2.25. The van der Waals surface area contributed by atoms with E-state index in [4.69, 9.17) is 5.73 Å². The van der Waals surface area contributed by atoms with Crippen LogP contribution >= 0.6 is 0 Å². The summed E-state index contributed by atoms with van der Waals surface area (Å²) in [6.07, 6.45) is 2.14. The van der Waals surface area contributed by atoms with Gasteiger partial charge in [-0.2, -0.15) is 0 Å². The van der Waals surface area contributed by atoms with E-state index in [1.165, 1.54) is 0 Å². The number of hydrogen-bond acceptors (Lipinski definition) is 4. The quantitative estimate of drug-likeness (QED) is 0.774. The van der Waals surface area contributed by atoms with Gasteiger partial charge in [0.1, 0.15) is 12.1 Å².